The molecule has 0 aliphatic rings. The zero-order chi connectivity index (χ0) is 27.2. The van der Waals surface area contributed by atoms with Crippen LogP contribution in [0.25, 0.3) is 0 Å². The zero-order valence-electron chi connectivity index (χ0n) is 22.2. The lowest BCUT2D eigenvalue weighted by Gasteiger charge is -2.25. The van der Waals surface area contributed by atoms with Crippen LogP contribution in [0.2, 0.25) is 0 Å². The Kier molecular flexibility index (Phi) is 20.6. The second kappa shape index (κ2) is 22.0. The van der Waals surface area contributed by atoms with Crippen molar-refractivity contribution in [3.05, 3.63) is 0 Å². The smallest absolute Gasteiger partial charge is 0.243 e. The van der Waals surface area contributed by atoms with Gasteiger partial charge >= 0.3 is 0 Å². The highest BCUT2D eigenvalue weighted by molar-refractivity contribution is 5.93. The van der Waals surface area contributed by atoms with E-state index in [9.17, 15) is 19.2 Å². The summed E-state index contributed by atoms with van der Waals surface area (Å²) >= 11 is 0. The van der Waals surface area contributed by atoms with Crippen LogP contribution in [0, 0.1) is 0 Å². The van der Waals surface area contributed by atoms with Crippen molar-refractivity contribution in [1.82, 2.24) is 16.0 Å². The molecular formula is C25H51N7O4. The third-order valence-electron chi connectivity index (χ3n) is 6.04. The van der Waals surface area contributed by atoms with E-state index in [2.05, 4.69) is 22.9 Å². The van der Waals surface area contributed by atoms with Gasteiger partial charge in [-0.1, -0.05) is 45.4 Å². The number of nitrogens with two attached hydrogens (primary N) is 4. The molecule has 36 heavy (non-hydrogen) atoms. The molecule has 0 saturated carbocycles. The summed E-state index contributed by atoms with van der Waals surface area (Å²) in [5.74, 6) is -1.85. The maximum Gasteiger partial charge on any atom is 0.243 e. The molecular weight excluding hydrogens is 462 g/mol. The van der Waals surface area contributed by atoms with Gasteiger partial charge in [-0.05, 0) is 64.6 Å². The van der Waals surface area contributed by atoms with E-state index >= 15 is 0 Å². The molecule has 4 amide bonds. The van der Waals surface area contributed by atoms with Crippen LogP contribution in [-0.2, 0) is 19.2 Å². The van der Waals surface area contributed by atoms with Gasteiger partial charge in [-0.25, -0.2) is 0 Å². The first-order valence-electron chi connectivity index (χ1n) is 13.6. The van der Waals surface area contributed by atoms with Crippen molar-refractivity contribution in [2.75, 3.05) is 19.6 Å². The van der Waals surface area contributed by atoms with Gasteiger partial charge in [0.25, 0.3) is 0 Å². The molecule has 0 aliphatic heterocycles. The first-order valence-corrected chi connectivity index (χ1v) is 13.6. The monoisotopic (exact) mass is 513 g/mol. The summed E-state index contributed by atoms with van der Waals surface area (Å²) in [5, 5.41) is 8.13. The standard InChI is InChI=1S/C25H51N7O4/c1-2-3-4-5-6-7-8-15-22(33)30-20(13-10-17-27)24(35)32-21(14-11-18-28)25(36)31-19(23(29)34)12-9-16-26/h19-21H,2-18,26-28H2,1H3,(H2,29,34)(H,30,33)(H,31,36)(H,32,35). The molecule has 3 unspecified atom stereocenters. The summed E-state index contributed by atoms with van der Waals surface area (Å²) in [4.78, 5) is 50.1. The van der Waals surface area contributed by atoms with Crippen LogP contribution in [0.4, 0.5) is 0 Å². The van der Waals surface area contributed by atoms with Crippen LogP contribution >= 0.6 is 0 Å². The van der Waals surface area contributed by atoms with Gasteiger partial charge in [-0.3, -0.25) is 19.2 Å². The van der Waals surface area contributed by atoms with E-state index < -0.39 is 35.8 Å². The lowest BCUT2D eigenvalue weighted by atomic mass is 10.1. The summed E-state index contributed by atoms with van der Waals surface area (Å²) in [6.45, 7) is 3.23. The van der Waals surface area contributed by atoms with E-state index in [1.165, 1.54) is 25.7 Å². The third kappa shape index (κ3) is 16.4. The molecule has 0 spiro atoms. The maximum atomic E-state index is 13.0. The summed E-state index contributed by atoms with van der Waals surface area (Å²) in [6, 6.07) is -2.60. The number of hydrogen-bond acceptors (Lipinski definition) is 7. The Balaban J connectivity index is 5.02. The highest BCUT2D eigenvalue weighted by Crippen LogP contribution is 2.09. The molecule has 0 bridgehead atoms. The number of rotatable bonds is 23. The van der Waals surface area contributed by atoms with Crippen molar-refractivity contribution < 1.29 is 19.2 Å². The van der Waals surface area contributed by atoms with E-state index in [-0.39, 0.29) is 12.3 Å². The van der Waals surface area contributed by atoms with E-state index in [1.807, 2.05) is 0 Å². The fraction of sp³-hybridized carbons (Fsp3) is 0.840. The Morgan fingerprint density at radius 1 is 0.583 bits per heavy atom. The normalized spacial score (nSPS) is 13.4. The first kappa shape index (κ1) is 33.8. The number of hydrogen-bond donors (Lipinski definition) is 7. The average Bonchev–Trinajstić information content (AvgIpc) is 2.85. The first-order chi connectivity index (χ1) is 17.3. The lowest BCUT2D eigenvalue weighted by molar-refractivity contribution is -0.133. The molecule has 0 aromatic rings. The molecule has 0 fully saturated rings. The van der Waals surface area contributed by atoms with Crippen molar-refractivity contribution in [1.29, 1.82) is 0 Å². The highest BCUT2D eigenvalue weighted by atomic mass is 16.2. The predicted molar refractivity (Wildman–Crippen MR) is 142 cm³/mol. The second-order valence-corrected chi connectivity index (χ2v) is 9.31. The van der Waals surface area contributed by atoms with E-state index in [0.717, 1.165) is 19.3 Å². The lowest BCUT2D eigenvalue weighted by Crippen LogP contribution is -2.56. The fourth-order valence-electron chi connectivity index (χ4n) is 3.84. The van der Waals surface area contributed by atoms with Gasteiger partial charge in [-0.2, -0.15) is 0 Å². The van der Waals surface area contributed by atoms with Gasteiger partial charge in [0.15, 0.2) is 0 Å². The maximum absolute atomic E-state index is 13.0. The van der Waals surface area contributed by atoms with Crippen molar-refractivity contribution in [3.8, 4) is 0 Å². The minimum Gasteiger partial charge on any atom is -0.368 e. The second-order valence-electron chi connectivity index (χ2n) is 9.31. The van der Waals surface area contributed by atoms with Gasteiger partial charge in [0.2, 0.25) is 23.6 Å². The van der Waals surface area contributed by atoms with Crippen LogP contribution in [0.3, 0.4) is 0 Å². The third-order valence-corrected chi connectivity index (χ3v) is 6.04. The molecule has 11 nitrogen and oxygen atoms in total. The van der Waals surface area contributed by atoms with Gasteiger partial charge in [-0.15, -0.1) is 0 Å². The number of nitrogens with one attached hydrogen (secondary N) is 3. The molecule has 0 aromatic heterocycles. The summed E-state index contributed by atoms with van der Waals surface area (Å²) in [7, 11) is 0. The minimum absolute atomic E-state index is 0.195. The van der Waals surface area contributed by atoms with Crippen LogP contribution in [0.1, 0.15) is 96.8 Å². The van der Waals surface area contributed by atoms with Gasteiger partial charge < -0.3 is 38.9 Å². The van der Waals surface area contributed by atoms with Crippen molar-refractivity contribution in [2.24, 2.45) is 22.9 Å². The van der Waals surface area contributed by atoms with Crippen LogP contribution in [0.15, 0.2) is 0 Å². The van der Waals surface area contributed by atoms with Crippen molar-refractivity contribution in [2.45, 2.75) is 115 Å². The molecule has 3 atom stereocenters. The summed E-state index contributed by atoms with van der Waals surface area (Å²) in [6.07, 6.45) is 10.5. The molecule has 0 aromatic carbocycles. The highest BCUT2D eigenvalue weighted by Gasteiger charge is 2.28. The number of carbonyl (C=O) groups is 4. The minimum atomic E-state index is -0.916. The van der Waals surface area contributed by atoms with Gasteiger partial charge in [0.1, 0.15) is 18.1 Å². The average molecular weight is 514 g/mol. The molecule has 0 radical (unpaired) electrons. The number of unbranched alkanes of at least 4 members (excludes halogenated alkanes) is 6. The number of carbonyl (C=O) groups excluding carboxylic acids is 4. The molecule has 210 valence electrons. The number of primary amides is 1. The Morgan fingerprint density at radius 3 is 1.47 bits per heavy atom. The van der Waals surface area contributed by atoms with E-state index in [4.69, 9.17) is 22.9 Å². The van der Waals surface area contributed by atoms with Crippen LogP contribution in [0.5, 0.6) is 0 Å². The Morgan fingerprint density at radius 2 is 1.00 bits per heavy atom. The Labute approximate surface area is 216 Å². The van der Waals surface area contributed by atoms with Gasteiger partial charge in [0.05, 0.1) is 0 Å². The fourth-order valence-corrected chi connectivity index (χ4v) is 3.84. The molecule has 0 aliphatic carbocycles. The summed E-state index contributed by atoms with van der Waals surface area (Å²) < 4.78 is 0. The van der Waals surface area contributed by atoms with E-state index in [1.54, 1.807) is 0 Å². The summed E-state index contributed by atoms with van der Waals surface area (Å²) in [5.41, 5.74) is 22.1. The van der Waals surface area contributed by atoms with Crippen LogP contribution in [-0.4, -0.2) is 61.4 Å². The van der Waals surface area contributed by atoms with Crippen molar-refractivity contribution >= 4 is 23.6 Å². The molecule has 11 N–H and O–H groups in total. The SMILES string of the molecule is CCCCCCCCCC(=O)NC(CCCN)C(=O)NC(CCCN)C(=O)NC(CCCN)C(N)=O. The molecule has 11 heteroatoms. The largest absolute Gasteiger partial charge is 0.368 e. The molecule has 0 rings (SSSR count). The van der Waals surface area contributed by atoms with Crippen LogP contribution < -0.4 is 38.9 Å². The molecule has 0 saturated heterocycles. The van der Waals surface area contributed by atoms with Crippen molar-refractivity contribution in [3.63, 3.8) is 0 Å². The predicted octanol–water partition coefficient (Wildman–Crippen LogP) is 0.284. The Hall–Kier alpha value is -2.24. The Bertz CT molecular complexity index is 634. The topological polar surface area (TPSA) is 208 Å². The van der Waals surface area contributed by atoms with Gasteiger partial charge in [0, 0.05) is 6.42 Å². The van der Waals surface area contributed by atoms with E-state index in [0.29, 0.717) is 58.2 Å². The zero-order valence-corrected chi connectivity index (χ0v) is 22.2. The molecule has 0 heterocycles. The number of amides is 4. The quantitative estimate of drug-likeness (QED) is 0.0948.